The Balaban J connectivity index is 2.04. The summed E-state index contributed by atoms with van der Waals surface area (Å²) in [7, 11) is 0. The highest BCUT2D eigenvalue weighted by Crippen LogP contribution is 2.31. The number of nitrogens with zero attached hydrogens (tertiary/aromatic N) is 2. The quantitative estimate of drug-likeness (QED) is 0.503. The van der Waals surface area contributed by atoms with Gasteiger partial charge in [0.1, 0.15) is 0 Å². The minimum Gasteiger partial charge on any atom is -0.244 e. The van der Waals surface area contributed by atoms with Crippen LogP contribution in [-0.2, 0) is 0 Å². The number of fused-ring (bicyclic) bond motifs is 1. The molecule has 0 radical (unpaired) electrons. The first-order valence-electron chi connectivity index (χ1n) is 7.70. The van der Waals surface area contributed by atoms with Gasteiger partial charge in [-0.2, -0.15) is 0 Å². The van der Waals surface area contributed by atoms with Crippen molar-refractivity contribution in [2.45, 2.75) is 6.92 Å². The van der Waals surface area contributed by atoms with E-state index in [1.54, 1.807) is 0 Å². The van der Waals surface area contributed by atoms with Crippen molar-refractivity contribution in [3.05, 3.63) is 84.4 Å². The average molecular weight is 296 g/mol. The second-order valence-electron chi connectivity index (χ2n) is 5.65. The van der Waals surface area contributed by atoms with E-state index < -0.39 is 0 Å². The fraction of sp³-hybridized carbons (Fsp3) is 0.0476. The molecule has 2 heteroatoms. The Kier molecular flexibility index (Phi) is 3.35. The molecule has 3 aromatic carbocycles. The van der Waals surface area contributed by atoms with Gasteiger partial charge < -0.3 is 0 Å². The van der Waals surface area contributed by atoms with Crippen LogP contribution in [0.2, 0.25) is 0 Å². The lowest BCUT2D eigenvalue weighted by Crippen LogP contribution is -1.95. The summed E-state index contributed by atoms with van der Waals surface area (Å²) in [5.41, 5.74) is 7.10. The average Bonchev–Trinajstić information content (AvgIpc) is 2.61. The summed E-state index contributed by atoms with van der Waals surface area (Å²) in [5.74, 6) is 0. The highest BCUT2D eigenvalue weighted by atomic mass is 14.8. The maximum atomic E-state index is 4.90. The molecule has 110 valence electrons. The van der Waals surface area contributed by atoms with E-state index in [1.165, 1.54) is 5.56 Å². The van der Waals surface area contributed by atoms with E-state index in [-0.39, 0.29) is 0 Å². The molecule has 4 aromatic rings. The fourth-order valence-corrected chi connectivity index (χ4v) is 2.79. The zero-order valence-electron chi connectivity index (χ0n) is 12.9. The largest absolute Gasteiger partial charge is 0.244 e. The van der Waals surface area contributed by atoms with Crippen LogP contribution in [0.3, 0.4) is 0 Å². The molecule has 0 saturated heterocycles. The fourth-order valence-electron chi connectivity index (χ4n) is 2.79. The standard InChI is InChI=1S/C21H16N2/c1-15-8-7-11-17(14-15)21-20(16-9-3-2-4-10-16)22-18-12-5-6-13-19(18)23-21/h2-14H,1H3. The molecule has 4 rings (SSSR count). The number of hydrogen-bond acceptors (Lipinski definition) is 2. The van der Waals surface area contributed by atoms with Gasteiger partial charge in [-0.15, -0.1) is 0 Å². The molecule has 2 nitrogen and oxygen atoms in total. The number of hydrogen-bond donors (Lipinski definition) is 0. The van der Waals surface area contributed by atoms with E-state index in [2.05, 4.69) is 43.3 Å². The minimum atomic E-state index is 0.919. The SMILES string of the molecule is Cc1cccc(-c2nc3ccccc3nc2-c2ccccc2)c1. The topological polar surface area (TPSA) is 25.8 Å². The maximum Gasteiger partial charge on any atom is 0.0973 e. The number of rotatable bonds is 2. The van der Waals surface area contributed by atoms with Gasteiger partial charge in [-0.05, 0) is 25.1 Å². The molecule has 0 saturated carbocycles. The van der Waals surface area contributed by atoms with Crippen LogP contribution in [0.4, 0.5) is 0 Å². The second-order valence-corrected chi connectivity index (χ2v) is 5.65. The molecule has 0 fully saturated rings. The molecule has 1 heterocycles. The van der Waals surface area contributed by atoms with Crippen LogP contribution >= 0.6 is 0 Å². The van der Waals surface area contributed by atoms with Crippen LogP contribution in [0.15, 0.2) is 78.9 Å². The van der Waals surface area contributed by atoms with E-state index >= 15 is 0 Å². The van der Waals surface area contributed by atoms with E-state index in [9.17, 15) is 0 Å². The smallest absolute Gasteiger partial charge is 0.0973 e. The molecule has 0 aliphatic carbocycles. The first-order chi connectivity index (χ1) is 11.3. The Labute approximate surface area is 135 Å². The maximum absolute atomic E-state index is 4.90. The zero-order valence-corrected chi connectivity index (χ0v) is 12.9. The second kappa shape index (κ2) is 5.65. The normalized spacial score (nSPS) is 10.8. The summed E-state index contributed by atoms with van der Waals surface area (Å²) in [5, 5.41) is 0. The summed E-state index contributed by atoms with van der Waals surface area (Å²) >= 11 is 0. The Morgan fingerprint density at radius 3 is 1.78 bits per heavy atom. The Morgan fingerprint density at radius 1 is 0.565 bits per heavy atom. The summed E-state index contributed by atoms with van der Waals surface area (Å²) in [4.78, 5) is 9.79. The molecule has 0 spiro atoms. The molecular weight excluding hydrogens is 280 g/mol. The van der Waals surface area contributed by atoms with Crippen molar-refractivity contribution in [3.63, 3.8) is 0 Å². The molecular formula is C21H16N2. The van der Waals surface area contributed by atoms with Gasteiger partial charge in [-0.1, -0.05) is 66.2 Å². The van der Waals surface area contributed by atoms with Crippen molar-refractivity contribution < 1.29 is 0 Å². The van der Waals surface area contributed by atoms with Gasteiger partial charge in [0.15, 0.2) is 0 Å². The number of aromatic nitrogens is 2. The van der Waals surface area contributed by atoms with Crippen molar-refractivity contribution >= 4 is 11.0 Å². The lowest BCUT2D eigenvalue weighted by atomic mass is 10.0. The van der Waals surface area contributed by atoms with Crippen LogP contribution in [0.5, 0.6) is 0 Å². The molecule has 0 unspecified atom stereocenters. The third-order valence-electron chi connectivity index (χ3n) is 3.91. The third kappa shape index (κ3) is 2.59. The monoisotopic (exact) mass is 296 g/mol. The van der Waals surface area contributed by atoms with Gasteiger partial charge >= 0.3 is 0 Å². The van der Waals surface area contributed by atoms with Crippen LogP contribution in [0.1, 0.15) is 5.56 Å². The molecule has 23 heavy (non-hydrogen) atoms. The van der Waals surface area contributed by atoms with Crippen molar-refractivity contribution in [2.24, 2.45) is 0 Å². The number of aryl methyl sites for hydroxylation is 1. The zero-order chi connectivity index (χ0) is 15.6. The van der Waals surface area contributed by atoms with Gasteiger partial charge in [0.25, 0.3) is 0 Å². The summed E-state index contributed by atoms with van der Waals surface area (Å²) in [6, 6.07) is 26.7. The molecule has 1 aromatic heterocycles. The lowest BCUT2D eigenvalue weighted by Gasteiger charge is -2.11. The van der Waals surface area contributed by atoms with Gasteiger partial charge in [0.05, 0.1) is 22.4 Å². The van der Waals surface area contributed by atoms with Crippen LogP contribution in [-0.4, -0.2) is 9.97 Å². The summed E-state index contributed by atoms with van der Waals surface area (Å²) in [6.45, 7) is 2.10. The predicted molar refractivity (Wildman–Crippen MR) is 95.1 cm³/mol. The van der Waals surface area contributed by atoms with Gasteiger partial charge in [0, 0.05) is 11.1 Å². The Bertz CT molecular complexity index is 975. The van der Waals surface area contributed by atoms with Gasteiger partial charge in [0.2, 0.25) is 0 Å². The van der Waals surface area contributed by atoms with Gasteiger partial charge in [-0.25, -0.2) is 9.97 Å². The van der Waals surface area contributed by atoms with Crippen molar-refractivity contribution in [2.75, 3.05) is 0 Å². The molecule has 0 amide bonds. The highest BCUT2D eigenvalue weighted by Gasteiger charge is 2.12. The van der Waals surface area contributed by atoms with Crippen LogP contribution in [0, 0.1) is 6.92 Å². The predicted octanol–water partition coefficient (Wildman–Crippen LogP) is 5.27. The van der Waals surface area contributed by atoms with Gasteiger partial charge in [-0.3, -0.25) is 0 Å². The number of benzene rings is 3. The summed E-state index contributed by atoms with van der Waals surface area (Å²) in [6.07, 6.45) is 0. The number of para-hydroxylation sites is 2. The van der Waals surface area contributed by atoms with Crippen LogP contribution < -0.4 is 0 Å². The third-order valence-corrected chi connectivity index (χ3v) is 3.91. The Hall–Kier alpha value is -3.00. The van der Waals surface area contributed by atoms with E-state index in [1.807, 2.05) is 42.5 Å². The lowest BCUT2D eigenvalue weighted by molar-refractivity contribution is 1.29. The summed E-state index contributed by atoms with van der Waals surface area (Å²) < 4.78 is 0. The van der Waals surface area contributed by atoms with E-state index in [0.717, 1.165) is 33.5 Å². The van der Waals surface area contributed by atoms with Crippen LogP contribution in [0.25, 0.3) is 33.5 Å². The van der Waals surface area contributed by atoms with E-state index in [4.69, 9.17) is 9.97 Å². The Morgan fingerprint density at radius 2 is 1.13 bits per heavy atom. The molecule has 0 aliphatic heterocycles. The first-order valence-corrected chi connectivity index (χ1v) is 7.70. The van der Waals surface area contributed by atoms with Crippen molar-refractivity contribution in [1.29, 1.82) is 0 Å². The molecule has 0 bridgehead atoms. The van der Waals surface area contributed by atoms with E-state index in [0.29, 0.717) is 0 Å². The highest BCUT2D eigenvalue weighted by molar-refractivity contribution is 5.86. The molecule has 0 atom stereocenters. The van der Waals surface area contributed by atoms with Crippen molar-refractivity contribution in [1.82, 2.24) is 9.97 Å². The van der Waals surface area contributed by atoms with Crippen molar-refractivity contribution in [3.8, 4) is 22.5 Å². The first kappa shape index (κ1) is 13.6. The minimum absolute atomic E-state index is 0.919. The molecule has 0 aliphatic rings. The molecule has 0 N–H and O–H groups in total.